The van der Waals surface area contributed by atoms with Gasteiger partial charge in [-0.15, -0.1) is 0 Å². The largest absolute Gasteiger partial charge is 0.457 e. The summed E-state index contributed by atoms with van der Waals surface area (Å²) in [6.07, 6.45) is 2.11. The van der Waals surface area contributed by atoms with Gasteiger partial charge in [0.2, 0.25) is 0 Å². The highest BCUT2D eigenvalue weighted by atomic mass is 19.1. The van der Waals surface area contributed by atoms with Crippen molar-refractivity contribution in [1.82, 2.24) is 9.88 Å². The molecule has 0 spiro atoms. The maximum Gasteiger partial charge on any atom is 0.129 e. The number of aromatic nitrogens is 1. The molecule has 2 heterocycles. The molecule has 0 fully saturated rings. The van der Waals surface area contributed by atoms with E-state index in [1.807, 2.05) is 6.07 Å². The van der Waals surface area contributed by atoms with Crippen molar-refractivity contribution in [2.75, 3.05) is 13.1 Å². The van der Waals surface area contributed by atoms with Crippen molar-refractivity contribution in [2.45, 2.75) is 12.8 Å². The zero-order valence-corrected chi connectivity index (χ0v) is 13.1. The summed E-state index contributed by atoms with van der Waals surface area (Å²) in [5, 5.41) is 4.76. The SMILES string of the molecule is Cn1c2c(c3ccc(Oc4ccc(F)cc4)cc31)CCNCC2. The predicted molar refractivity (Wildman–Crippen MR) is 89.7 cm³/mol. The van der Waals surface area contributed by atoms with Gasteiger partial charge in [-0.1, -0.05) is 0 Å². The van der Waals surface area contributed by atoms with E-state index in [1.54, 1.807) is 12.1 Å². The first-order chi connectivity index (χ1) is 11.2. The molecule has 0 saturated heterocycles. The highest BCUT2D eigenvalue weighted by molar-refractivity contribution is 5.87. The molecule has 0 saturated carbocycles. The Balaban J connectivity index is 1.73. The summed E-state index contributed by atoms with van der Waals surface area (Å²) in [6.45, 7) is 2.05. The molecular weight excluding hydrogens is 291 g/mol. The van der Waals surface area contributed by atoms with E-state index in [4.69, 9.17) is 4.74 Å². The van der Waals surface area contributed by atoms with Crippen LogP contribution >= 0.6 is 0 Å². The lowest BCUT2D eigenvalue weighted by atomic mass is 10.1. The fraction of sp³-hybridized carbons (Fsp3) is 0.263. The van der Waals surface area contributed by atoms with Crippen LogP contribution in [0, 0.1) is 5.82 Å². The summed E-state index contributed by atoms with van der Waals surface area (Å²) >= 11 is 0. The number of nitrogens with one attached hydrogen (secondary N) is 1. The van der Waals surface area contributed by atoms with Gasteiger partial charge in [0.15, 0.2) is 0 Å². The van der Waals surface area contributed by atoms with E-state index in [0.29, 0.717) is 5.75 Å². The average molecular weight is 310 g/mol. The molecule has 1 aromatic heterocycles. The summed E-state index contributed by atoms with van der Waals surface area (Å²) < 4.78 is 21.1. The van der Waals surface area contributed by atoms with Crippen LogP contribution in [0.15, 0.2) is 42.5 Å². The van der Waals surface area contributed by atoms with Crippen LogP contribution in [0.3, 0.4) is 0 Å². The quantitative estimate of drug-likeness (QED) is 0.779. The number of hydrogen-bond donors (Lipinski definition) is 1. The van der Waals surface area contributed by atoms with Gasteiger partial charge in [0, 0.05) is 37.2 Å². The van der Waals surface area contributed by atoms with E-state index in [0.717, 1.165) is 31.7 Å². The molecule has 0 atom stereocenters. The second-order valence-corrected chi connectivity index (χ2v) is 5.97. The molecule has 3 nitrogen and oxygen atoms in total. The van der Waals surface area contributed by atoms with Gasteiger partial charge in [-0.05, 0) is 54.9 Å². The highest BCUT2D eigenvalue weighted by Crippen LogP contribution is 2.31. The summed E-state index contributed by atoms with van der Waals surface area (Å²) in [7, 11) is 2.12. The molecule has 1 aliphatic heterocycles. The summed E-state index contributed by atoms with van der Waals surface area (Å²) in [5.41, 5.74) is 4.04. The smallest absolute Gasteiger partial charge is 0.129 e. The Kier molecular flexibility index (Phi) is 3.54. The Morgan fingerprint density at radius 1 is 1.00 bits per heavy atom. The molecule has 118 valence electrons. The molecule has 4 heteroatoms. The lowest BCUT2D eigenvalue weighted by Gasteiger charge is -2.07. The monoisotopic (exact) mass is 310 g/mol. The minimum absolute atomic E-state index is 0.257. The van der Waals surface area contributed by atoms with Crippen LogP contribution in [0.1, 0.15) is 11.3 Å². The molecule has 0 amide bonds. The number of fused-ring (bicyclic) bond motifs is 3. The van der Waals surface area contributed by atoms with Crippen molar-refractivity contribution in [3.63, 3.8) is 0 Å². The second kappa shape index (κ2) is 5.70. The van der Waals surface area contributed by atoms with Crippen LogP contribution in [-0.4, -0.2) is 17.7 Å². The minimum atomic E-state index is -0.257. The molecule has 0 radical (unpaired) electrons. The van der Waals surface area contributed by atoms with Crippen LogP contribution in [0.2, 0.25) is 0 Å². The Hall–Kier alpha value is -2.33. The van der Waals surface area contributed by atoms with Crippen LogP contribution in [0.25, 0.3) is 10.9 Å². The molecule has 3 aromatic rings. The van der Waals surface area contributed by atoms with Crippen molar-refractivity contribution in [3.05, 3.63) is 59.5 Å². The number of nitrogens with zero attached hydrogens (tertiary/aromatic N) is 1. The fourth-order valence-electron chi connectivity index (χ4n) is 3.39. The van der Waals surface area contributed by atoms with E-state index in [-0.39, 0.29) is 5.82 Å². The van der Waals surface area contributed by atoms with E-state index in [9.17, 15) is 4.39 Å². The molecule has 1 aliphatic rings. The van der Waals surface area contributed by atoms with Crippen molar-refractivity contribution in [1.29, 1.82) is 0 Å². The molecule has 0 aliphatic carbocycles. The molecule has 23 heavy (non-hydrogen) atoms. The Morgan fingerprint density at radius 3 is 2.57 bits per heavy atom. The second-order valence-electron chi connectivity index (χ2n) is 5.97. The topological polar surface area (TPSA) is 26.2 Å². The minimum Gasteiger partial charge on any atom is -0.457 e. The van der Waals surface area contributed by atoms with Crippen LogP contribution in [-0.2, 0) is 19.9 Å². The maximum atomic E-state index is 13.0. The summed E-state index contributed by atoms with van der Waals surface area (Å²) in [6, 6.07) is 12.3. The van der Waals surface area contributed by atoms with E-state index < -0.39 is 0 Å². The third kappa shape index (κ3) is 2.59. The van der Waals surface area contributed by atoms with Crippen molar-refractivity contribution in [2.24, 2.45) is 7.05 Å². The van der Waals surface area contributed by atoms with E-state index in [1.165, 1.54) is 34.3 Å². The highest BCUT2D eigenvalue weighted by Gasteiger charge is 2.17. The lowest BCUT2D eigenvalue weighted by Crippen LogP contribution is -2.16. The number of benzene rings is 2. The molecule has 4 rings (SSSR count). The van der Waals surface area contributed by atoms with Crippen LogP contribution < -0.4 is 10.1 Å². The van der Waals surface area contributed by atoms with Gasteiger partial charge in [-0.2, -0.15) is 0 Å². The van der Waals surface area contributed by atoms with Crippen LogP contribution in [0.4, 0.5) is 4.39 Å². The maximum absolute atomic E-state index is 13.0. The molecular formula is C19H19FN2O. The normalized spacial score (nSPS) is 14.5. The number of hydrogen-bond acceptors (Lipinski definition) is 2. The standard InChI is InChI=1S/C19H19FN2O/c1-22-18-9-11-21-10-8-17(18)16-7-6-15(12-19(16)22)23-14-4-2-13(20)3-5-14/h2-7,12,21H,8-11H2,1H3. The van der Waals surface area contributed by atoms with E-state index in [2.05, 4.69) is 29.1 Å². The number of aryl methyl sites for hydroxylation is 1. The third-order valence-corrected chi connectivity index (χ3v) is 4.55. The predicted octanol–water partition coefficient (Wildman–Crippen LogP) is 3.80. The number of halogens is 1. The van der Waals surface area contributed by atoms with Gasteiger partial charge >= 0.3 is 0 Å². The lowest BCUT2D eigenvalue weighted by molar-refractivity contribution is 0.481. The van der Waals surface area contributed by atoms with Crippen LogP contribution in [0.5, 0.6) is 11.5 Å². The zero-order chi connectivity index (χ0) is 15.8. The molecule has 0 bridgehead atoms. The molecule has 2 aromatic carbocycles. The van der Waals surface area contributed by atoms with Crippen molar-refractivity contribution in [3.8, 4) is 11.5 Å². The first kappa shape index (κ1) is 14.3. The third-order valence-electron chi connectivity index (χ3n) is 4.55. The van der Waals surface area contributed by atoms with Crippen molar-refractivity contribution < 1.29 is 9.13 Å². The first-order valence-electron chi connectivity index (χ1n) is 7.97. The summed E-state index contributed by atoms with van der Waals surface area (Å²) in [5.74, 6) is 1.16. The van der Waals surface area contributed by atoms with E-state index >= 15 is 0 Å². The molecule has 1 N–H and O–H groups in total. The average Bonchev–Trinajstić information content (AvgIpc) is 2.73. The Labute approximate surface area is 134 Å². The number of rotatable bonds is 2. The molecule has 0 unspecified atom stereocenters. The van der Waals surface area contributed by atoms with Crippen molar-refractivity contribution >= 4 is 10.9 Å². The van der Waals surface area contributed by atoms with Gasteiger partial charge in [0.1, 0.15) is 17.3 Å². The Bertz CT molecular complexity index is 852. The van der Waals surface area contributed by atoms with Gasteiger partial charge in [0.05, 0.1) is 5.52 Å². The number of ether oxygens (including phenoxy) is 1. The Morgan fingerprint density at radius 2 is 1.74 bits per heavy atom. The van der Waals surface area contributed by atoms with Gasteiger partial charge in [-0.3, -0.25) is 0 Å². The fourth-order valence-corrected chi connectivity index (χ4v) is 3.39. The van der Waals surface area contributed by atoms with Gasteiger partial charge < -0.3 is 14.6 Å². The van der Waals surface area contributed by atoms with Gasteiger partial charge in [-0.25, -0.2) is 4.39 Å². The first-order valence-corrected chi connectivity index (χ1v) is 7.97. The van der Waals surface area contributed by atoms with Gasteiger partial charge in [0.25, 0.3) is 0 Å². The summed E-state index contributed by atoms with van der Waals surface area (Å²) in [4.78, 5) is 0. The zero-order valence-electron chi connectivity index (χ0n) is 13.1.